The minimum absolute atomic E-state index is 0.0576. The SMILES string of the molecule is CC(Cc1ccc(F)cc1)Nc1cc(F)c(I)cc1N. The molecule has 2 aromatic rings. The van der Waals surface area contributed by atoms with Crippen LogP contribution in [-0.2, 0) is 6.42 Å². The van der Waals surface area contributed by atoms with Gasteiger partial charge in [0, 0.05) is 12.1 Å². The number of halogens is 3. The van der Waals surface area contributed by atoms with Gasteiger partial charge in [0.25, 0.3) is 0 Å². The molecule has 5 heteroatoms. The van der Waals surface area contributed by atoms with E-state index in [-0.39, 0.29) is 17.7 Å². The lowest BCUT2D eigenvalue weighted by molar-refractivity contribution is 0.620. The van der Waals surface area contributed by atoms with E-state index < -0.39 is 0 Å². The molecular formula is C15H15F2IN2. The first-order valence-corrected chi connectivity index (χ1v) is 7.29. The second-order valence-electron chi connectivity index (χ2n) is 4.73. The molecule has 0 saturated carbocycles. The lowest BCUT2D eigenvalue weighted by Crippen LogP contribution is -2.19. The van der Waals surface area contributed by atoms with Gasteiger partial charge in [-0.3, -0.25) is 0 Å². The number of rotatable bonds is 4. The Hall–Kier alpha value is -1.37. The van der Waals surface area contributed by atoms with Crippen molar-refractivity contribution in [1.29, 1.82) is 0 Å². The molecule has 0 aliphatic rings. The van der Waals surface area contributed by atoms with E-state index in [1.807, 2.05) is 29.5 Å². The van der Waals surface area contributed by atoms with Crippen molar-refractivity contribution < 1.29 is 8.78 Å². The first-order valence-electron chi connectivity index (χ1n) is 6.21. The zero-order valence-corrected chi connectivity index (χ0v) is 13.1. The molecule has 0 radical (unpaired) electrons. The third-order valence-corrected chi connectivity index (χ3v) is 3.78. The van der Waals surface area contributed by atoms with Gasteiger partial charge in [-0.15, -0.1) is 0 Å². The van der Waals surface area contributed by atoms with Crippen LogP contribution in [0.5, 0.6) is 0 Å². The third kappa shape index (κ3) is 3.82. The van der Waals surface area contributed by atoms with Gasteiger partial charge in [0.1, 0.15) is 11.6 Å². The number of anilines is 2. The topological polar surface area (TPSA) is 38.0 Å². The molecule has 0 aliphatic carbocycles. The van der Waals surface area contributed by atoms with Gasteiger partial charge in [0.15, 0.2) is 0 Å². The Bertz CT molecular complexity index is 600. The maximum absolute atomic E-state index is 13.5. The van der Waals surface area contributed by atoms with Crippen molar-refractivity contribution in [2.24, 2.45) is 0 Å². The van der Waals surface area contributed by atoms with Crippen LogP contribution in [0.3, 0.4) is 0 Å². The van der Waals surface area contributed by atoms with Gasteiger partial charge in [-0.1, -0.05) is 12.1 Å². The maximum atomic E-state index is 13.5. The molecular weight excluding hydrogens is 373 g/mol. The summed E-state index contributed by atoms with van der Waals surface area (Å²) >= 11 is 1.90. The van der Waals surface area contributed by atoms with Crippen LogP contribution in [0, 0.1) is 15.2 Å². The first-order chi connectivity index (χ1) is 9.45. The van der Waals surface area contributed by atoms with E-state index >= 15 is 0 Å². The number of nitrogens with two attached hydrogens (primary N) is 1. The maximum Gasteiger partial charge on any atom is 0.138 e. The Morgan fingerprint density at radius 2 is 1.85 bits per heavy atom. The Kier molecular flexibility index (Phi) is 4.80. The normalized spacial score (nSPS) is 12.2. The highest BCUT2D eigenvalue weighted by Crippen LogP contribution is 2.25. The van der Waals surface area contributed by atoms with Crippen LogP contribution in [0.2, 0.25) is 0 Å². The largest absolute Gasteiger partial charge is 0.397 e. The van der Waals surface area contributed by atoms with Gasteiger partial charge in [0.05, 0.1) is 14.9 Å². The van der Waals surface area contributed by atoms with Crippen molar-refractivity contribution in [2.45, 2.75) is 19.4 Å². The van der Waals surface area contributed by atoms with Crippen molar-refractivity contribution >= 4 is 34.0 Å². The third-order valence-electron chi connectivity index (χ3n) is 2.95. The Morgan fingerprint density at radius 3 is 2.50 bits per heavy atom. The summed E-state index contributed by atoms with van der Waals surface area (Å²) in [5, 5.41) is 3.18. The van der Waals surface area contributed by atoms with Crippen LogP contribution in [0.15, 0.2) is 36.4 Å². The fraction of sp³-hybridized carbons (Fsp3) is 0.200. The van der Waals surface area contributed by atoms with Crippen LogP contribution in [0.1, 0.15) is 12.5 Å². The van der Waals surface area contributed by atoms with E-state index in [9.17, 15) is 8.78 Å². The molecule has 2 rings (SSSR count). The lowest BCUT2D eigenvalue weighted by atomic mass is 10.1. The van der Waals surface area contributed by atoms with Gasteiger partial charge in [-0.25, -0.2) is 8.78 Å². The Balaban J connectivity index is 2.06. The van der Waals surface area contributed by atoms with Crippen molar-refractivity contribution in [2.75, 3.05) is 11.1 Å². The molecule has 2 aromatic carbocycles. The van der Waals surface area contributed by atoms with E-state index in [0.29, 0.717) is 21.4 Å². The minimum Gasteiger partial charge on any atom is -0.397 e. The number of benzene rings is 2. The van der Waals surface area contributed by atoms with E-state index in [4.69, 9.17) is 5.73 Å². The van der Waals surface area contributed by atoms with Crippen molar-refractivity contribution in [1.82, 2.24) is 0 Å². The molecule has 0 aliphatic heterocycles. The molecule has 3 N–H and O–H groups in total. The summed E-state index contributed by atoms with van der Waals surface area (Å²) in [5.41, 5.74) is 7.97. The second-order valence-corrected chi connectivity index (χ2v) is 5.89. The average Bonchev–Trinajstić information content (AvgIpc) is 2.39. The fourth-order valence-corrected chi connectivity index (χ4v) is 2.47. The summed E-state index contributed by atoms with van der Waals surface area (Å²) in [5.74, 6) is -0.547. The quantitative estimate of drug-likeness (QED) is 0.609. The monoisotopic (exact) mass is 388 g/mol. The standard InChI is InChI=1S/C15H15F2IN2/c1-9(6-10-2-4-11(16)5-3-10)20-15-7-12(17)13(18)8-14(15)19/h2-5,7-9,20H,6,19H2,1H3. The summed E-state index contributed by atoms with van der Waals surface area (Å²) in [7, 11) is 0. The molecule has 1 unspecified atom stereocenters. The zero-order valence-electron chi connectivity index (χ0n) is 11.0. The van der Waals surface area contributed by atoms with Gasteiger partial charge in [0.2, 0.25) is 0 Å². The molecule has 106 valence electrons. The molecule has 2 nitrogen and oxygen atoms in total. The predicted octanol–water partition coefficient (Wildman–Crippen LogP) is 4.19. The van der Waals surface area contributed by atoms with Crippen LogP contribution in [0.25, 0.3) is 0 Å². The van der Waals surface area contributed by atoms with Gasteiger partial charge in [-0.2, -0.15) is 0 Å². The van der Waals surface area contributed by atoms with Crippen molar-refractivity contribution in [3.05, 3.63) is 57.2 Å². The van der Waals surface area contributed by atoms with E-state index in [0.717, 1.165) is 5.56 Å². The highest BCUT2D eigenvalue weighted by Gasteiger charge is 2.09. The first kappa shape index (κ1) is 15.0. The summed E-state index contributed by atoms with van der Waals surface area (Å²) in [6.07, 6.45) is 0.702. The van der Waals surface area contributed by atoms with Crippen molar-refractivity contribution in [3.63, 3.8) is 0 Å². The van der Waals surface area contributed by atoms with Crippen molar-refractivity contribution in [3.8, 4) is 0 Å². The molecule has 0 fully saturated rings. The molecule has 0 spiro atoms. The molecule has 20 heavy (non-hydrogen) atoms. The number of hydrogen-bond donors (Lipinski definition) is 2. The summed E-state index contributed by atoms with van der Waals surface area (Å²) in [4.78, 5) is 0. The molecule has 0 bridgehead atoms. The van der Waals surface area contributed by atoms with E-state index in [1.54, 1.807) is 18.2 Å². The molecule has 0 amide bonds. The molecule has 1 atom stereocenters. The Labute approximate surface area is 130 Å². The summed E-state index contributed by atoms with van der Waals surface area (Å²) < 4.78 is 26.9. The predicted molar refractivity (Wildman–Crippen MR) is 86.7 cm³/mol. The minimum atomic E-state index is -0.295. The van der Waals surface area contributed by atoms with Gasteiger partial charge >= 0.3 is 0 Å². The molecule has 0 saturated heterocycles. The van der Waals surface area contributed by atoms with E-state index in [2.05, 4.69) is 5.32 Å². The van der Waals surface area contributed by atoms with Crippen LogP contribution >= 0.6 is 22.6 Å². The fourth-order valence-electron chi connectivity index (χ4n) is 1.98. The number of nitrogen functional groups attached to an aromatic ring is 1. The van der Waals surface area contributed by atoms with E-state index in [1.165, 1.54) is 18.2 Å². The van der Waals surface area contributed by atoms with Crippen LogP contribution < -0.4 is 11.1 Å². The number of nitrogens with one attached hydrogen (secondary N) is 1. The second kappa shape index (κ2) is 6.39. The molecule has 0 heterocycles. The Morgan fingerprint density at radius 1 is 1.20 bits per heavy atom. The van der Waals surface area contributed by atoms with Crippen LogP contribution in [0.4, 0.5) is 20.2 Å². The molecule has 0 aromatic heterocycles. The van der Waals surface area contributed by atoms with Gasteiger partial charge in [-0.05, 0) is 59.7 Å². The smallest absolute Gasteiger partial charge is 0.138 e. The van der Waals surface area contributed by atoms with Gasteiger partial charge < -0.3 is 11.1 Å². The average molecular weight is 388 g/mol. The summed E-state index contributed by atoms with van der Waals surface area (Å²) in [6.45, 7) is 1.97. The lowest BCUT2D eigenvalue weighted by Gasteiger charge is -2.17. The number of hydrogen-bond acceptors (Lipinski definition) is 2. The summed E-state index contributed by atoms with van der Waals surface area (Å²) in [6, 6.07) is 9.40. The van der Waals surface area contributed by atoms with Crippen LogP contribution in [-0.4, -0.2) is 6.04 Å². The highest BCUT2D eigenvalue weighted by atomic mass is 127. The highest BCUT2D eigenvalue weighted by molar-refractivity contribution is 14.1. The zero-order chi connectivity index (χ0) is 14.7.